The second-order valence-corrected chi connectivity index (χ2v) is 9.29. The Labute approximate surface area is 194 Å². The number of alkyl halides is 3. The van der Waals surface area contributed by atoms with Crippen molar-refractivity contribution in [1.29, 1.82) is 0 Å². The van der Waals surface area contributed by atoms with Crippen LogP contribution >= 0.6 is 0 Å². The smallest absolute Gasteiger partial charge is 0.387 e. The number of sulfonamides is 1. The zero-order chi connectivity index (χ0) is 25.1. The van der Waals surface area contributed by atoms with Gasteiger partial charge in [0.1, 0.15) is 23.0 Å². The monoisotopic (exact) mass is 497 g/mol. The average Bonchev–Trinajstić information content (AvgIpc) is 2.76. The first kappa shape index (κ1) is 25.1. The van der Waals surface area contributed by atoms with Crippen LogP contribution in [0.3, 0.4) is 0 Å². The van der Waals surface area contributed by atoms with E-state index >= 15 is 0 Å². The molecule has 0 fully saturated rings. The molecule has 10 nitrogen and oxygen atoms in total. The molecule has 0 saturated carbocycles. The number of aromatic nitrogens is 4. The predicted molar refractivity (Wildman–Crippen MR) is 120 cm³/mol. The first-order valence-electron chi connectivity index (χ1n) is 9.84. The molecule has 0 saturated heterocycles. The van der Waals surface area contributed by atoms with Gasteiger partial charge in [0.05, 0.1) is 18.1 Å². The van der Waals surface area contributed by atoms with Gasteiger partial charge in [-0.15, -0.1) is 0 Å². The topological polar surface area (TPSA) is 133 Å². The van der Waals surface area contributed by atoms with Crippen LogP contribution in [-0.4, -0.2) is 46.8 Å². The summed E-state index contributed by atoms with van der Waals surface area (Å²) < 4.78 is 65.4. The van der Waals surface area contributed by atoms with Gasteiger partial charge in [-0.25, -0.2) is 23.4 Å². The number of aliphatic hydroxyl groups excluding tert-OH is 1. The van der Waals surface area contributed by atoms with E-state index in [9.17, 15) is 26.7 Å². The Balaban J connectivity index is 1.91. The van der Waals surface area contributed by atoms with Crippen molar-refractivity contribution in [2.24, 2.45) is 0 Å². The van der Waals surface area contributed by atoms with E-state index < -0.39 is 33.7 Å². The first-order chi connectivity index (χ1) is 15.9. The highest BCUT2D eigenvalue weighted by molar-refractivity contribution is 7.92. The molecular weight excluding hydrogens is 475 g/mol. The molecule has 34 heavy (non-hydrogen) atoms. The SMILES string of the molecule is CC(O)c1cccc(Nc2ncc(C(F)(F)F)c(NCc3cccnc3N(C)S(C)(=O)=O)n2)n1. The Bertz CT molecular complexity index is 1270. The van der Waals surface area contributed by atoms with Crippen molar-refractivity contribution in [2.45, 2.75) is 25.7 Å². The van der Waals surface area contributed by atoms with Gasteiger partial charge in [0.2, 0.25) is 16.0 Å². The molecular formula is C20H22F3N7O3S. The highest BCUT2D eigenvalue weighted by atomic mass is 32.2. The number of rotatable bonds is 8. The van der Waals surface area contributed by atoms with Gasteiger partial charge in [0.25, 0.3) is 0 Å². The van der Waals surface area contributed by atoms with Crippen molar-refractivity contribution in [3.05, 3.63) is 59.5 Å². The molecule has 0 radical (unpaired) electrons. The molecule has 182 valence electrons. The fourth-order valence-electron chi connectivity index (χ4n) is 2.84. The van der Waals surface area contributed by atoms with Gasteiger partial charge in [0, 0.05) is 31.5 Å². The number of nitrogens with one attached hydrogen (secondary N) is 2. The Morgan fingerprint density at radius 1 is 1.15 bits per heavy atom. The molecule has 3 aromatic heterocycles. The molecule has 3 heterocycles. The summed E-state index contributed by atoms with van der Waals surface area (Å²) in [5.41, 5.74) is -0.414. The summed E-state index contributed by atoms with van der Waals surface area (Å²) >= 11 is 0. The Hall–Kier alpha value is -3.52. The van der Waals surface area contributed by atoms with E-state index in [2.05, 4.69) is 30.6 Å². The third-order valence-corrected chi connectivity index (χ3v) is 5.81. The fourth-order valence-corrected chi connectivity index (χ4v) is 3.32. The van der Waals surface area contributed by atoms with Crippen molar-refractivity contribution in [3.8, 4) is 0 Å². The van der Waals surface area contributed by atoms with Gasteiger partial charge in [-0.3, -0.25) is 4.31 Å². The molecule has 0 amide bonds. The van der Waals surface area contributed by atoms with Gasteiger partial charge in [-0.1, -0.05) is 12.1 Å². The zero-order valence-electron chi connectivity index (χ0n) is 18.4. The van der Waals surface area contributed by atoms with Crippen LogP contribution in [0.2, 0.25) is 0 Å². The maximum absolute atomic E-state index is 13.6. The fraction of sp³-hybridized carbons (Fsp3) is 0.300. The second-order valence-electron chi connectivity index (χ2n) is 7.27. The Morgan fingerprint density at radius 2 is 1.88 bits per heavy atom. The maximum Gasteiger partial charge on any atom is 0.421 e. The molecule has 14 heteroatoms. The van der Waals surface area contributed by atoms with Gasteiger partial charge in [0.15, 0.2) is 0 Å². The molecule has 1 atom stereocenters. The number of anilines is 4. The van der Waals surface area contributed by atoms with Gasteiger partial charge < -0.3 is 15.7 Å². The van der Waals surface area contributed by atoms with E-state index in [1.807, 2.05) is 0 Å². The van der Waals surface area contributed by atoms with Crippen LogP contribution < -0.4 is 14.9 Å². The van der Waals surface area contributed by atoms with Gasteiger partial charge >= 0.3 is 6.18 Å². The van der Waals surface area contributed by atoms with E-state index in [0.29, 0.717) is 17.5 Å². The number of pyridine rings is 2. The Kier molecular flexibility index (Phi) is 7.21. The molecule has 0 aliphatic rings. The van der Waals surface area contributed by atoms with Gasteiger partial charge in [-0.2, -0.15) is 18.2 Å². The normalized spacial score (nSPS) is 12.8. The minimum atomic E-state index is -4.74. The quantitative estimate of drug-likeness (QED) is 0.429. The highest BCUT2D eigenvalue weighted by Gasteiger charge is 2.35. The molecule has 0 spiro atoms. The van der Waals surface area contributed by atoms with Crippen molar-refractivity contribution in [1.82, 2.24) is 19.9 Å². The van der Waals surface area contributed by atoms with Crippen LogP contribution in [-0.2, 0) is 22.7 Å². The molecule has 0 bridgehead atoms. The number of aliphatic hydroxyl groups is 1. The molecule has 0 aliphatic heterocycles. The lowest BCUT2D eigenvalue weighted by Gasteiger charge is -2.20. The second kappa shape index (κ2) is 9.77. The summed E-state index contributed by atoms with van der Waals surface area (Å²) in [6.07, 6.45) is -2.59. The lowest BCUT2D eigenvalue weighted by atomic mass is 10.2. The highest BCUT2D eigenvalue weighted by Crippen LogP contribution is 2.34. The van der Waals surface area contributed by atoms with Crippen LogP contribution in [0.1, 0.15) is 29.8 Å². The minimum Gasteiger partial charge on any atom is -0.387 e. The maximum atomic E-state index is 13.6. The van der Waals surface area contributed by atoms with Crippen LogP contribution in [0.4, 0.5) is 36.6 Å². The summed E-state index contributed by atoms with van der Waals surface area (Å²) in [5.74, 6) is -0.384. The molecule has 1 unspecified atom stereocenters. The first-order valence-corrected chi connectivity index (χ1v) is 11.7. The van der Waals surface area contributed by atoms with E-state index in [1.165, 1.54) is 32.3 Å². The number of hydrogen-bond acceptors (Lipinski definition) is 9. The van der Waals surface area contributed by atoms with Crippen molar-refractivity contribution in [2.75, 3.05) is 28.2 Å². The van der Waals surface area contributed by atoms with E-state index in [4.69, 9.17) is 0 Å². The van der Waals surface area contributed by atoms with Crippen LogP contribution in [0.25, 0.3) is 0 Å². The molecule has 0 aromatic carbocycles. The number of hydrogen-bond donors (Lipinski definition) is 3. The van der Waals surface area contributed by atoms with E-state index in [-0.39, 0.29) is 24.1 Å². The number of nitrogens with zero attached hydrogens (tertiary/aromatic N) is 5. The molecule has 3 rings (SSSR count). The third kappa shape index (κ3) is 6.08. The van der Waals surface area contributed by atoms with E-state index in [0.717, 1.165) is 10.6 Å². The van der Waals surface area contributed by atoms with Crippen molar-refractivity contribution < 1.29 is 26.7 Å². The standard InChI is InChI=1S/C20H22F3N7O3S/c1-12(31)15-7-4-8-16(27-15)28-19-26-11-14(20(21,22)23)17(29-19)25-10-13-6-5-9-24-18(13)30(2)34(3,32)33/h4-9,11-12,31H,10H2,1-3H3,(H2,25,26,27,28,29). The third-order valence-electron chi connectivity index (χ3n) is 4.64. The van der Waals surface area contributed by atoms with Crippen molar-refractivity contribution in [3.63, 3.8) is 0 Å². The van der Waals surface area contributed by atoms with Crippen LogP contribution in [0.5, 0.6) is 0 Å². The molecule has 0 aliphatic carbocycles. The lowest BCUT2D eigenvalue weighted by molar-refractivity contribution is -0.137. The predicted octanol–water partition coefficient (Wildman–Crippen LogP) is 3.09. The Morgan fingerprint density at radius 3 is 2.53 bits per heavy atom. The van der Waals surface area contributed by atoms with Crippen molar-refractivity contribution >= 4 is 33.4 Å². The summed E-state index contributed by atoms with van der Waals surface area (Å²) in [7, 11) is -2.35. The van der Waals surface area contributed by atoms with Gasteiger partial charge in [-0.05, 0) is 25.1 Å². The molecule has 3 aromatic rings. The summed E-state index contributed by atoms with van der Waals surface area (Å²) in [6.45, 7) is 1.33. The summed E-state index contributed by atoms with van der Waals surface area (Å²) in [5, 5.41) is 15.0. The minimum absolute atomic E-state index is 0.0672. The lowest BCUT2D eigenvalue weighted by Crippen LogP contribution is -2.27. The molecule has 3 N–H and O–H groups in total. The summed E-state index contributed by atoms with van der Waals surface area (Å²) in [4.78, 5) is 15.9. The zero-order valence-corrected chi connectivity index (χ0v) is 19.2. The largest absolute Gasteiger partial charge is 0.421 e. The van der Waals surface area contributed by atoms with Crippen LogP contribution in [0.15, 0.2) is 42.7 Å². The van der Waals surface area contributed by atoms with Crippen LogP contribution in [0, 0.1) is 0 Å². The van der Waals surface area contributed by atoms with E-state index in [1.54, 1.807) is 18.2 Å². The average molecular weight is 498 g/mol. The summed E-state index contributed by atoms with van der Waals surface area (Å²) in [6, 6.07) is 7.83. The number of halogens is 3.